The second-order valence-corrected chi connectivity index (χ2v) is 10.1. The van der Waals surface area contributed by atoms with Crippen LogP contribution in [0, 0.1) is 6.92 Å². The number of thiazole rings is 1. The fourth-order valence-corrected chi connectivity index (χ4v) is 5.86. The molecule has 0 spiro atoms. The number of aryl methyl sites for hydroxylation is 1. The summed E-state index contributed by atoms with van der Waals surface area (Å²) < 4.78 is 8.01. The molecule has 0 atom stereocenters. The highest BCUT2D eigenvalue weighted by atomic mass is 32.1. The number of rotatable bonds is 7. The van der Waals surface area contributed by atoms with Crippen LogP contribution in [0.25, 0.3) is 38.0 Å². The molecule has 1 aromatic carbocycles. The summed E-state index contributed by atoms with van der Waals surface area (Å²) in [5.74, 6) is 1.62. The number of imidazole rings is 1. The van der Waals surface area contributed by atoms with Gasteiger partial charge in [0.1, 0.15) is 23.2 Å². The van der Waals surface area contributed by atoms with Crippen LogP contribution in [0.5, 0.6) is 5.75 Å². The van der Waals surface area contributed by atoms with Crippen molar-refractivity contribution >= 4 is 16.9 Å². The monoisotopic (exact) mass is 500 g/mol. The van der Waals surface area contributed by atoms with E-state index < -0.39 is 0 Å². The van der Waals surface area contributed by atoms with E-state index in [1.165, 1.54) is 0 Å². The van der Waals surface area contributed by atoms with E-state index in [2.05, 4.69) is 27.0 Å². The number of aliphatic hydroxyl groups is 1. The summed E-state index contributed by atoms with van der Waals surface area (Å²) in [5, 5.41) is 15.4. The molecule has 0 radical (unpaired) electrons. The summed E-state index contributed by atoms with van der Waals surface area (Å²) >= 11 is 1.62. The highest BCUT2D eigenvalue weighted by molar-refractivity contribution is 7.19. The molecule has 5 heterocycles. The molecule has 36 heavy (non-hydrogen) atoms. The Hall–Kier alpha value is -3.53. The first kappa shape index (κ1) is 22.9. The van der Waals surface area contributed by atoms with Gasteiger partial charge < -0.3 is 14.8 Å². The van der Waals surface area contributed by atoms with Crippen LogP contribution in [0.4, 0.5) is 0 Å². The van der Waals surface area contributed by atoms with Crippen molar-refractivity contribution in [3.63, 3.8) is 0 Å². The number of H-pyrrole nitrogens is 1. The van der Waals surface area contributed by atoms with Gasteiger partial charge in [-0.15, -0.1) is 11.3 Å². The van der Waals surface area contributed by atoms with Crippen LogP contribution in [0.1, 0.15) is 18.5 Å². The number of aromatic nitrogens is 5. The van der Waals surface area contributed by atoms with E-state index in [9.17, 15) is 5.11 Å². The Bertz CT molecular complexity index is 1450. The number of benzene rings is 1. The van der Waals surface area contributed by atoms with Gasteiger partial charge in [0.05, 0.1) is 33.4 Å². The largest absolute Gasteiger partial charge is 0.492 e. The average Bonchev–Trinajstić information content (AvgIpc) is 3.64. The molecule has 5 aromatic rings. The number of nitrogens with zero attached hydrogens (tertiary/aromatic N) is 5. The zero-order valence-electron chi connectivity index (χ0n) is 20.1. The summed E-state index contributed by atoms with van der Waals surface area (Å²) in [6.45, 7) is 5.31. The molecular formula is C27H28N6O2S. The van der Waals surface area contributed by atoms with Gasteiger partial charge in [-0.25, -0.2) is 14.5 Å². The van der Waals surface area contributed by atoms with Gasteiger partial charge in [-0.3, -0.25) is 4.90 Å². The highest BCUT2D eigenvalue weighted by Gasteiger charge is 2.22. The predicted octanol–water partition coefficient (Wildman–Crippen LogP) is 4.66. The van der Waals surface area contributed by atoms with Crippen LogP contribution in [-0.2, 0) is 0 Å². The smallest absolute Gasteiger partial charge is 0.149 e. The molecule has 0 bridgehead atoms. The molecule has 0 amide bonds. The van der Waals surface area contributed by atoms with Crippen molar-refractivity contribution < 1.29 is 9.84 Å². The zero-order valence-corrected chi connectivity index (χ0v) is 20.9. The lowest BCUT2D eigenvalue weighted by atomic mass is 10.1. The topological polar surface area (TPSA) is 91.6 Å². The number of aliphatic hydroxyl groups excluding tert-OH is 1. The summed E-state index contributed by atoms with van der Waals surface area (Å²) in [6, 6.07) is 14.2. The standard InChI is InChI=1S/C27H28N6O2S/c1-18-23(27-30-24(19-5-3-2-4-6-19)25(36-27)26-28-10-11-29-26)22-17-21(9-14-33(22)31-18)35-16-15-32-12-7-20(34)8-13-32/h2-6,9-11,14,17,20,34H,7-8,12-13,15-16H2,1H3,(H,28,29). The van der Waals surface area contributed by atoms with Crippen molar-refractivity contribution in [3.8, 4) is 38.3 Å². The first-order valence-electron chi connectivity index (χ1n) is 12.2. The van der Waals surface area contributed by atoms with E-state index >= 15 is 0 Å². The number of hydrogen-bond donors (Lipinski definition) is 2. The number of hydrogen-bond acceptors (Lipinski definition) is 7. The third kappa shape index (κ3) is 4.53. The molecule has 0 unspecified atom stereocenters. The van der Waals surface area contributed by atoms with Gasteiger partial charge >= 0.3 is 0 Å². The quantitative estimate of drug-likeness (QED) is 0.338. The normalized spacial score (nSPS) is 15.1. The van der Waals surface area contributed by atoms with Crippen LogP contribution < -0.4 is 4.74 Å². The Labute approximate surface area is 213 Å². The van der Waals surface area contributed by atoms with E-state index in [-0.39, 0.29) is 6.10 Å². The molecule has 6 rings (SSSR count). The van der Waals surface area contributed by atoms with Gasteiger partial charge in [-0.2, -0.15) is 5.10 Å². The number of aromatic amines is 1. The molecule has 0 saturated carbocycles. The molecule has 8 nitrogen and oxygen atoms in total. The lowest BCUT2D eigenvalue weighted by Crippen LogP contribution is -2.38. The van der Waals surface area contributed by atoms with Crippen LogP contribution in [0.15, 0.2) is 61.1 Å². The van der Waals surface area contributed by atoms with Crippen LogP contribution >= 0.6 is 11.3 Å². The fraction of sp³-hybridized carbons (Fsp3) is 0.296. The lowest BCUT2D eigenvalue weighted by Gasteiger charge is -2.29. The van der Waals surface area contributed by atoms with Crippen LogP contribution in [0.2, 0.25) is 0 Å². The van der Waals surface area contributed by atoms with Gasteiger partial charge in [0, 0.05) is 49.9 Å². The lowest BCUT2D eigenvalue weighted by molar-refractivity contribution is 0.0755. The molecule has 1 fully saturated rings. The number of likely N-dealkylation sites (tertiary alicyclic amines) is 1. The Kier molecular flexibility index (Phi) is 6.27. The molecule has 1 aliphatic heterocycles. The van der Waals surface area contributed by atoms with Crippen LogP contribution in [0.3, 0.4) is 0 Å². The first-order valence-corrected chi connectivity index (χ1v) is 13.1. The summed E-state index contributed by atoms with van der Waals surface area (Å²) in [7, 11) is 0. The van der Waals surface area contributed by atoms with Crippen molar-refractivity contribution in [2.45, 2.75) is 25.9 Å². The van der Waals surface area contributed by atoms with Crippen molar-refractivity contribution in [2.75, 3.05) is 26.2 Å². The Morgan fingerprint density at radius 3 is 2.78 bits per heavy atom. The highest BCUT2D eigenvalue weighted by Crippen LogP contribution is 2.41. The second-order valence-electron chi connectivity index (χ2n) is 9.07. The molecule has 1 aliphatic rings. The second kappa shape index (κ2) is 9.85. The molecule has 2 N–H and O–H groups in total. The molecule has 0 aliphatic carbocycles. The maximum Gasteiger partial charge on any atom is 0.149 e. The van der Waals surface area contributed by atoms with E-state index in [1.54, 1.807) is 17.5 Å². The minimum absolute atomic E-state index is 0.158. The fourth-order valence-electron chi connectivity index (χ4n) is 4.70. The Balaban J connectivity index is 1.31. The summed E-state index contributed by atoms with van der Waals surface area (Å²) in [5.41, 5.74) is 4.84. The van der Waals surface area contributed by atoms with Crippen molar-refractivity contribution in [3.05, 3.63) is 66.7 Å². The minimum Gasteiger partial charge on any atom is -0.492 e. The maximum absolute atomic E-state index is 9.71. The Morgan fingerprint density at radius 1 is 1.17 bits per heavy atom. The van der Waals surface area contributed by atoms with E-state index in [1.807, 2.05) is 54.2 Å². The number of pyridine rings is 1. The summed E-state index contributed by atoms with van der Waals surface area (Å²) in [6.07, 6.45) is 7.05. The first-order chi connectivity index (χ1) is 17.7. The van der Waals surface area contributed by atoms with E-state index in [0.717, 1.165) is 82.0 Å². The molecule has 184 valence electrons. The number of nitrogens with one attached hydrogen (secondary N) is 1. The SMILES string of the molecule is Cc1nn2ccc(OCCN3CCC(O)CC3)cc2c1-c1nc(-c2ccccc2)c(-c2ncc[nH]2)s1. The van der Waals surface area contributed by atoms with Crippen molar-refractivity contribution in [1.29, 1.82) is 0 Å². The molecular weight excluding hydrogens is 472 g/mol. The molecule has 4 aromatic heterocycles. The van der Waals surface area contributed by atoms with Gasteiger partial charge in [-0.1, -0.05) is 30.3 Å². The van der Waals surface area contributed by atoms with Gasteiger partial charge in [0.25, 0.3) is 0 Å². The van der Waals surface area contributed by atoms with Crippen LogP contribution in [-0.4, -0.2) is 66.9 Å². The van der Waals surface area contributed by atoms with Crippen molar-refractivity contribution in [2.24, 2.45) is 0 Å². The van der Waals surface area contributed by atoms with Crippen molar-refractivity contribution in [1.82, 2.24) is 29.5 Å². The third-order valence-corrected chi connectivity index (χ3v) is 7.70. The maximum atomic E-state index is 9.71. The number of ether oxygens (including phenoxy) is 1. The number of piperidine rings is 1. The average molecular weight is 501 g/mol. The Morgan fingerprint density at radius 2 is 2.00 bits per heavy atom. The van der Waals surface area contributed by atoms with E-state index in [4.69, 9.17) is 14.8 Å². The third-order valence-electron chi connectivity index (χ3n) is 6.62. The van der Waals surface area contributed by atoms with Gasteiger partial charge in [-0.05, 0) is 25.8 Å². The predicted molar refractivity (Wildman–Crippen MR) is 141 cm³/mol. The van der Waals surface area contributed by atoms with Gasteiger partial charge in [0.15, 0.2) is 0 Å². The summed E-state index contributed by atoms with van der Waals surface area (Å²) in [4.78, 5) is 16.2. The van der Waals surface area contributed by atoms with Gasteiger partial charge in [0.2, 0.25) is 0 Å². The van der Waals surface area contributed by atoms with E-state index in [0.29, 0.717) is 6.61 Å². The molecule has 1 saturated heterocycles. The zero-order chi connectivity index (χ0) is 24.5. The molecule has 9 heteroatoms. The number of fused-ring (bicyclic) bond motifs is 1. The minimum atomic E-state index is -0.158.